The van der Waals surface area contributed by atoms with Gasteiger partial charge in [-0.1, -0.05) is 5.92 Å². The fraction of sp³-hybridized carbons (Fsp3) is 0.455. The molecule has 102 valence electrons. The number of nitrogens with zero attached hydrogens (tertiary/aromatic N) is 1. The Kier molecular flexibility index (Phi) is 3.64. The minimum Gasteiger partial charge on any atom is -0.392 e. The van der Waals surface area contributed by atoms with Gasteiger partial charge in [0.2, 0.25) is 0 Å². The van der Waals surface area contributed by atoms with Crippen molar-refractivity contribution >= 4 is 15.9 Å². The molecule has 19 heavy (non-hydrogen) atoms. The molecule has 0 bridgehead atoms. The molecule has 2 heterocycles. The lowest BCUT2D eigenvalue weighted by molar-refractivity contribution is -0.0913. The van der Waals surface area contributed by atoms with Crippen LogP contribution in [0.2, 0.25) is 0 Å². The third kappa shape index (κ3) is 2.26. The molecule has 0 aliphatic carbocycles. The predicted octanol–water partition coefficient (Wildman–Crippen LogP) is -1.06. The summed E-state index contributed by atoms with van der Waals surface area (Å²) >= 11 is 2.99. The van der Waals surface area contributed by atoms with Gasteiger partial charge in [-0.25, -0.2) is 4.79 Å². The lowest BCUT2D eigenvalue weighted by Gasteiger charge is -2.23. The first-order valence-corrected chi connectivity index (χ1v) is 6.18. The van der Waals surface area contributed by atoms with Gasteiger partial charge in [0.1, 0.15) is 12.3 Å². The summed E-state index contributed by atoms with van der Waals surface area (Å²) in [6, 6.07) is 0. The van der Waals surface area contributed by atoms with Gasteiger partial charge in [-0.3, -0.25) is 14.3 Å². The molecule has 1 fully saturated rings. The van der Waals surface area contributed by atoms with Crippen LogP contribution in [0, 0.1) is 12.3 Å². The van der Waals surface area contributed by atoms with Crippen molar-refractivity contribution in [2.45, 2.75) is 24.4 Å². The number of terminal acetylenes is 1. The molecule has 1 saturated heterocycles. The van der Waals surface area contributed by atoms with Crippen molar-refractivity contribution in [1.82, 2.24) is 9.55 Å². The number of aliphatic hydroxyl groups excluding tert-OH is 2. The molecule has 0 amide bonds. The van der Waals surface area contributed by atoms with Gasteiger partial charge < -0.3 is 14.9 Å². The molecule has 8 heteroatoms. The lowest BCUT2D eigenvalue weighted by Crippen LogP contribution is -2.41. The zero-order chi connectivity index (χ0) is 14.2. The highest BCUT2D eigenvalue weighted by Crippen LogP contribution is 2.35. The Morgan fingerprint density at radius 1 is 1.68 bits per heavy atom. The molecule has 2 rings (SSSR count). The SMILES string of the molecule is C#C[C@]1(CO)O[C@@H](n2cc(Br)c(=O)[nH]c2=O)C[C@@H]1O. The summed E-state index contributed by atoms with van der Waals surface area (Å²) in [7, 11) is 0. The van der Waals surface area contributed by atoms with E-state index in [0.717, 1.165) is 4.57 Å². The average Bonchev–Trinajstić information content (AvgIpc) is 2.71. The number of hydrogen-bond acceptors (Lipinski definition) is 5. The molecule has 1 aromatic rings. The average molecular weight is 331 g/mol. The Bertz CT molecular complexity index is 646. The third-order valence-corrected chi connectivity index (χ3v) is 3.59. The van der Waals surface area contributed by atoms with Gasteiger partial charge in [0, 0.05) is 12.6 Å². The van der Waals surface area contributed by atoms with E-state index in [2.05, 4.69) is 26.8 Å². The summed E-state index contributed by atoms with van der Waals surface area (Å²) in [6.07, 6.45) is 4.57. The molecule has 7 nitrogen and oxygen atoms in total. The monoisotopic (exact) mass is 330 g/mol. The van der Waals surface area contributed by atoms with Crippen LogP contribution in [-0.2, 0) is 4.74 Å². The van der Waals surface area contributed by atoms with E-state index >= 15 is 0 Å². The summed E-state index contributed by atoms with van der Waals surface area (Å²) < 4.78 is 6.65. The fourth-order valence-corrected chi connectivity index (χ4v) is 2.23. The number of halogens is 1. The summed E-state index contributed by atoms with van der Waals surface area (Å²) in [5.41, 5.74) is -2.78. The Morgan fingerprint density at radius 3 is 2.89 bits per heavy atom. The van der Waals surface area contributed by atoms with Gasteiger partial charge in [-0.15, -0.1) is 6.42 Å². The van der Waals surface area contributed by atoms with Gasteiger partial charge >= 0.3 is 5.69 Å². The van der Waals surface area contributed by atoms with Crippen molar-refractivity contribution in [3.63, 3.8) is 0 Å². The zero-order valence-electron chi connectivity index (χ0n) is 9.67. The van der Waals surface area contributed by atoms with E-state index in [9.17, 15) is 19.8 Å². The first-order valence-electron chi connectivity index (χ1n) is 5.39. The molecule has 3 N–H and O–H groups in total. The van der Waals surface area contributed by atoms with E-state index in [1.807, 2.05) is 0 Å². The van der Waals surface area contributed by atoms with Crippen LogP contribution < -0.4 is 11.2 Å². The highest BCUT2D eigenvalue weighted by Gasteiger charge is 2.47. The van der Waals surface area contributed by atoms with Crippen molar-refractivity contribution in [2.24, 2.45) is 0 Å². The van der Waals surface area contributed by atoms with Crippen molar-refractivity contribution < 1.29 is 14.9 Å². The Morgan fingerprint density at radius 2 is 2.37 bits per heavy atom. The maximum Gasteiger partial charge on any atom is 0.330 e. The van der Waals surface area contributed by atoms with Crippen molar-refractivity contribution in [1.29, 1.82) is 0 Å². The summed E-state index contributed by atoms with van der Waals surface area (Å²) in [4.78, 5) is 25.0. The number of ether oxygens (including phenoxy) is 1. The minimum atomic E-state index is -1.54. The number of nitrogens with one attached hydrogen (secondary N) is 1. The largest absolute Gasteiger partial charge is 0.392 e. The quantitative estimate of drug-likeness (QED) is 0.600. The molecular formula is C11H11BrN2O5. The lowest BCUT2D eigenvalue weighted by atomic mass is 9.99. The smallest absolute Gasteiger partial charge is 0.330 e. The van der Waals surface area contributed by atoms with Crippen LogP contribution in [0.15, 0.2) is 20.3 Å². The van der Waals surface area contributed by atoms with E-state index < -0.39 is 35.8 Å². The fourth-order valence-electron chi connectivity index (χ4n) is 1.91. The molecule has 1 aromatic heterocycles. The van der Waals surface area contributed by atoms with E-state index in [-0.39, 0.29) is 10.9 Å². The van der Waals surface area contributed by atoms with Gasteiger partial charge in [-0.05, 0) is 15.9 Å². The molecule has 1 aliphatic heterocycles. The molecule has 0 aromatic carbocycles. The normalized spacial score (nSPS) is 30.2. The molecule has 1 aliphatic rings. The number of hydrogen-bond donors (Lipinski definition) is 3. The van der Waals surface area contributed by atoms with Crippen molar-refractivity contribution in [2.75, 3.05) is 6.61 Å². The van der Waals surface area contributed by atoms with Crippen molar-refractivity contribution in [3.8, 4) is 12.3 Å². The van der Waals surface area contributed by atoms with E-state index in [1.54, 1.807) is 0 Å². The second-order valence-electron chi connectivity index (χ2n) is 4.16. The maximum absolute atomic E-state index is 11.7. The highest BCUT2D eigenvalue weighted by molar-refractivity contribution is 9.10. The number of H-pyrrole nitrogens is 1. The second kappa shape index (κ2) is 4.94. The molecule has 0 spiro atoms. The topological polar surface area (TPSA) is 105 Å². The van der Waals surface area contributed by atoms with Crippen LogP contribution in [0.25, 0.3) is 0 Å². The maximum atomic E-state index is 11.7. The molecule has 0 unspecified atom stereocenters. The summed E-state index contributed by atoms with van der Waals surface area (Å²) in [5.74, 6) is 2.20. The van der Waals surface area contributed by atoms with E-state index in [0.29, 0.717) is 0 Å². The summed E-state index contributed by atoms with van der Waals surface area (Å²) in [5, 5.41) is 19.1. The van der Waals surface area contributed by atoms with Crippen LogP contribution in [0.4, 0.5) is 0 Å². The van der Waals surface area contributed by atoms with Crippen LogP contribution in [0.5, 0.6) is 0 Å². The Hall–Kier alpha value is -1.40. The minimum absolute atomic E-state index is 0.0309. The Labute approximate surface area is 116 Å². The number of aromatic amines is 1. The van der Waals surface area contributed by atoms with Crippen LogP contribution in [0.3, 0.4) is 0 Å². The Balaban J connectivity index is 2.42. The van der Waals surface area contributed by atoms with E-state index in [4.69, 9.17) is 11.2 Å². The first kappa shape index (κ1) is 14.0. The number of aliphatic hydroxyl groups is 2. The standard InChI is InChI=1S/C11H11BrN2O5/c1-2-11(5-15)7(16)3-8(19-11)14-4-6(12)9(17)13-10(14)18/h1,4,7-8,15-16H,3,5H2,(H,13,17,18)/t7-,8+,11+/m0/s1. The van der Waals surface area contributed by atoms with Crippen molar-refractivity contribution in [3.05, 3.63) is 31.5 Å². The number of aromatic nitrogens is 2. The molecule has 3 atom stereocenters. The summed E-state index contributed by atoms with van der Waals surface area (Å²) in [6.45, 7) is -0.569. The highest BCUT2D eigenvalue weighted by atomic mass is 79.9. The molecule has 0 radical (unpaired) electrons. The molecular weight excluding hydrogens is 320 g/mol. The van der Waals surface area contributed by atoms with E-state index in [1.165, 1.54) is 6.20 Å². The zero-order valence-corrected chi connectivity index (χ0v) is 11.3. The molecule has 0 saturated carbocycles. The van der Waals surface area contributed by atoms with Crippen LogP contribution in [-0.4, -0.2) is 38.1 Å². The number of rotatable bonds is 2. The van der Waals surface area contributed by atoms with Crippen LogP contribution >= 0.6 is 15.9 Å². The predicted molar refractivity (Wildman–Crippen MR) is 68.4 cm³/mol. The van der Waals surface area contributed by atoms with Gasteiger partial charge in [0.05, 0.1) is 11.1 Å². The third-order valence-electron chi connectivity index (χ3n) is 3.02. The van der Waals surface area contributed by atoms with Crippen LogP contribution in [0.1, 0.15) is 12.6 Å². The second-order valence-corrected chi connectivity index (χ2v) is 5.01. The van der Waals surface area contributed by atoms with Gasteiger partial charge in [-0.2, -0.15) is 0 Å². The first-order chi connectivity index (χ1) is 8.93. The van der Waals surface area contributed by atoms with Gasteiger partial charge in [0.15, 0.2) is 5.60 Å². The van der Waals surface area contributed by atoms with Gasteiger partial charge in [0.25, 0.3) is 5.56 Å².